The lowest BCUT2D eigenvalue weighted by molar-refractivity contribution is 0.102. The minimum absolute atomic E-state index is 0.137. The van der Waals surface area contributed by atoms with Gasteiger partial charge in [0.05, 0.1) is 23.0 Å². The average Bonchev–Trinajstić information content (AvgIpc) is 3.31. The second-order valence-corrected chi connectivity index (χ2v) is 8.72. The Labute approximate surface area is 201 Å². The number of hydrogen-bond acceptors (Lipinski definition) is 3. The molecule has 0 aromatic heterocycles. The van der Waals surface area contributed by atoms with Crippen LogP contribution in [-0.4, -0.2) is 11.6 Å². The molecule has 0 saturated heterocycles. The summed E-state index contributed by atoms with van der Waals surface area (Å²) in [6, 6.07) is 36.2. The normalized spacial score (nSPS) is 15.2. The van der Waals surface area contributed by atoms with Crippen molar-refractivity contribution in [2.45, 2.75) is 12.5 Å². The summed E-state index contributed by atoms with van der Waals surface area (Å²) >= 11 is 3.43. The molecule has 1 atom stereocenters. The second kappa shape index (κ2) is 9.43. The van der Waals surface area contributed by atoms with Gasteiger partial charge >= 0.3 is 0 Å². The molecule has 0 aliphatic carbocycles. The molecule has 0 spiro atoms. The van der Waals surface area contributed by atoms with Crippen LogP contribution >= 0.6 is 15.9 Å². The van der Waals surface area contributed by atoms with Crippen LogP contribution in [0.2, 0.25) is 0 Å². The van der Waals surface area contributed by atoms with Crippen LogP contribution in [0.15, 0.2) is 119 Å². The highest BCUT2D eigenvalue weighted by Crippen LogP contribution is 2.36. The van der Waals surface area contributed by atoms with Crippen LogP contribution in [0.3, 0.4) is 0 Å². The summed E-state index contributed by atoms with van der Waals surface area (Å²) in [5.74, 6) is -0.146. The number of rotatable bonds is 5. The van der Waals surface area contributed by atoms with Crippen molar-refractivity contribution < 1.29 is 4.79 Å². The van der Waals surface area contributed by atoms with Gasteiger partial charge in [0.2, 0.25) is 0 Å². The molecule has 0 bridgehead atoms. The van der Waals surface area contributed by atoms with Crippen molar-refractivity contribution in [3.63, 3.8) is 0 Å². The molecular weight excluding hydrogens is 474 g/mol. The predicted molar refractivity (Wildman–Crippen MR) is 138 cm³/mol. The van der Waals surface area contributed by atoms with Gasteiger partial charge in [0.1, 0.15) is 0 Å². The monoisotopic (exact) mass is 495 g/mol. The summed E-state index contributed by atoms with van der Waals surface area (Å²) in [4.78, 5) is 12.6. The molecule has 162 valence electrons. The average molecular weight is 496 g/mol. The van der Waals surface area contributed by atoms with Gasteiger partial charge < -0.3 is 5.32 Å². The number of nitrogens with zero attached hydrogens (tertiary/aromatic N) is 2. The Morgan fingerprint density at radius 1 is 0.818 bits per heavy atom. The molecule has 4 aromatic rings. The number of amides is 1. The second-order valence-electron chi connectivity index (χ2n) is 7.87. The predicted octanol–water partition coefficient (Wildman–Crippen LogP) is 7.06. The van der Waals surface area contributed by atoms with Crippen LogP contribution in [0.25, 0.3) is 0 Å². The van der Waals surface area contributed by atoms with E-state index in [1.54, 1.807) is 6.07 Å². The number of anilines is 2. The van der Waals surface area contributed by atoms with Crippen molar-refractivity contribution >= 4 is 38.9 Å². The number of halogens is 1. The molecule has 5 rings (SSSR count). The highest BCUT2D eigenvalue weighted by Gasteiger charge is 2.29. The number of para-hydroxylation sites is 1. The van der Waals surface area contributed by atoms with Crippen LogP contribution in [0.4, 0.5) is 11.4 Å². The molecule has 5 heteroatoms. The molecule has 1 heterocycles. The molecule has 1 aliphatic rings. The maximum absolute atomic E-state index is 12.6. The lowest BCUT2D eigenvalue weighted by atomic mass is 9.98. The van der Waals surface area contributed by atoms with Crippen molar-refractivity contribution in [1.29, 1.82) is 0 Å². The summed E-state index contributed by atoms with van der Waals surface area (Å²) < 4.78 is 0.771. The van der Waals surface area contributed by atoms with E-state index < -0.39 is 0 Å². The first kappa shape index (κ1) is 21.2. The lowest BCUT2D eigenvalue weighted by Gasteiger charge is -2.23. The largest absolute Gasteiger partial charge is 0.322 e. The zero-order chi connectivity index (χ0) is 22.6. The van der Waals surface area contributed by atoms with Gasteiger partial charge in [-0.3, -0.25) is 9.80 Å². The fraction of sp³-hybridized carbons (Fsp3) is 0.0714. The summed E-state index contributed by atoms with van der Waals surface area (Å²) in [6.45, 7) is 0. The Hall–Kier alpha value is -3.70. The fourth-order valence-electron chi connectivity index (χ4n) is 4.03. The van der Waals surface area contributed by atoms with E-state index in [0.717, 1.165) is 33.5 Å². The molecule has 1 N–H and O–H groups in total. The van der Waals surface area contributed by atoms with E-state index in [1.165, 1.54) is 5.56 Å². The van der Waals surface area contributed by atoms with Crippen molar-refractivity contribution in [2.24, 2.45) is 5.10 Å². The van der Waals surface area contributed by atoms with Gasteiger partial charge in [-0.05, 0) is 63.5 Å². The van der Waals surface area contributed by atoms with Gasteiger partial charge in [-0.25, -0.2) is 0 Å². The summed E-state index contributed by atoms with van der Waals surface area (Å²) in [7, 11) is 0. The lowest BCUT2D eigenvalue weighted by Crippen LogP contribution is -2.18. The maximum atomic E-state index is 12.6. The number of hydrogen-bond donors (Lipinski definition) is 1. The van der Waals surface area contributed by atoms with Gasteiger partial charge in [0.25, 0.3) is 5.91 Å². The van der Waals surface area contributed by atoms with Crippen LogP contribution < -0.4 is 10.3 Å². The van der Waals surface area contributed by atoms with Crippen molar-refractivity contribution in [2.75, 3.05) is 10.3 Å². The zero-order valence-corrected chi connectivity index (χ0v) is 19.4. The number of nitrogens with one attached hydrogen (secondary N) is 1. The van der Waals surface area contributed by atoms with E-state index in [0.29, 0.717) is 5.56 Å². The Balaban J connectivity index is 1.38. The molecule has 1 unspecified atom stereocenters. The van der Waals surface area contributed by atoms with E-state index in [-0.39, 0.29) is 11.9 Å². The third-order valence-corrected chi connectivity index (χ3v) is 6.40. The summed E-state index contributed by atoms with van der Waals surface area (Å²) in [5, 5.41) is 10.1. The smallest absolute Gasteiger partial charge is 0.256 e. The Morgan fingerprint density at radius 2 is 1.45 bits per heavy atom. The highest BCUT2D eigenvalue weighted by atomic mass is 79.9. The minimum Gasteiger partial charge on any atom is -0.322 e. The molecule has 4 nitrogen and oxygen atoms in total. The molecule has 1 amide bonds. The first-order chi connectivity index (χ1) is 16.2. The Bertz CT molecular complexity index is 1290. The van der Waals surface area contributed by atoms with Crippen LogP contribution in [0.1, 0.15) is 33.9 Å². The van der Waals surface area contributed by atoms with Gasteiger partial charge in [-0.2, -0.15) is 5.10 Å². The molecule has 33 heavy (non-hydrogen) atoms. The van der Waals surface area contributed by atoms with Gasteiger partial charge in [0.15, 0.2) is 0 Å². The molecular formula is C28H22BrN3O. The topological polar surface area (TPSA) is 44.7 Å². The number of carbonyl (C=O) groups is 1. The van der Waals surface area contributed by atoms with Crippen molar-refractivity contribution in [1.82, 2.24) is 0 Å². The van der Waals surface area contributed by atoms with E-state index in [4.69, 9.17) is 5.10 Å². The first-order valence-corrected chi connectivity index (χ1v) is 11.6. The minimum atomic E-state index is -0.146. The van der Waals surface area contributed by atoms with E-state index in [9.17, 15) is 4.79 Å². The number of hydrazone groups is 1. The maximum Gasteiger partial charge on any atom is 0.256 e. The molecule has 0 fully saturated rings. The third-order valence-electron chi connectivity index (χ3n) is 5.71. The van der Waals surface area contributed by atoms with E-state index >= 15 is 0 Å². The molecule has 0 radical (unpaired) electrons. The summed E-state index contributed by atoms with van der Waals surface area (Å²) in [6.07, 6.45) is 0.807. The zero-order valence-electron chi connectivity index (χ0n) is 17.9. The van der Waals surface area contributed by atoms with E-state index in [1.807, 2.05) is 66.7 Å². The number of carbonyl (C=O) groups excluding carboxylic acids is 1. The van der Waals surface area contributed by atoms with Crippen LogP contribution in [0.5, 0.6) is 0 Å². The molecule has 0 saturated carbocycles. The molecule has 1 aliphatic heterocycles. The fourth-order valence-corrected chi connectivity index (χ4v) is 4.49. The van der Waals surface area contributed by atoms with Gasteiger partial charge in [0, 0.05) is 16.6 Å². The van der Waals surface area contributed by atoms with Gasteiger partial charge in [-0.1, -0.05) is 72.8 Å². The van der Waals surface area contributed by atoms with Crippen molar-refractivity contribution in [3.05, 3.63) is 130 Å². The van der Waals surface area contributed by atoms with Crippen LogP contribution in [0, 0.1) is 0 Å². The SMILES string of the molecule is O=C(Nc1ccc(C2=NN(c3ccccc3)C(c3ccccc3)C2)cc1)c1ccccc1Br. The standard InChI is InChI=1S/C28H22BrN3O/c29-25-14-8-7-13-24(25)28(33)30-22-17-15-20(16-18-22)26-19-27(21-9-3-1-4-10-21)32(31-26)23-11-5-2-6-12-23/h1-18,27H,19H2,(H,30,33). The first-order valence-electron chi connectivity index (χ1n) is 10.8. The quantitative estimate of drug-likeness (QED) is 0.322. The summed E-state index contributed by atoms with van der Waals surface area (Å²) in [5.41, 5.74) is 5.73. The molecule has 4 aromatic carbocycles. The Kier molecular flexibility index (Phi) is 6.05. The van der Waals surface area contributed by atoms with E-state index in [2.05, 4.69) is 62.7 Å². The highest BCUT2D eigenvalue weighted by molar-refractivity contribution is 9.10. The Morgan fingerprint density at radius 3 is 2.15 bits per heavy atom. The van der Waals surface area contributed by atoms with Crippen LogP contribution in [-0.2, 0) is 0 Å². The number of benzene rings is 4. The van der Waals surface area contributed by atoms with Crippen molar-refractivity contribution in [3.8, 4) is 0 Å². The third kappa shape index (κ3) is 4.59. The van der Waals surface area contributed by atoms with Gasteiger partial charge in [-0.15, -0.1) is 0 Å².